The first-order valence-corrected chi connectivity index (χ1v) is 13.7. The summed E-state index contributed by atoms with van der Waals surface area (Å²) in [7, 11) is 0. The molecule has 1 aromatic carbocycles. The quantitative estimate of drug-likeness (QED) is 0.230. The van der Waals surface area contributed by atoms with Gasteiger partial charge in [0.1, 0.15) is 17.6 Å². The van der Waals surface area contributed by atoms with Gasteiger partial charge in [-0.2, -0.15) is 0 Å². The largest absolute Gasteiger partial charge is 0.465 e. The Kier molecular flexibility index (Phi) is 8.65. The van der Waals surface area contributed by atoms with E-state index < -0.39 is 35.0 Å². The number of anilines is 1. The molecule has 38 heavy (non-hydrogen) atoms. The second kappa shape index (κ2) is 11.6. The van der Waals surface area contributed by atoms with Crippen LogP contribution in [0.5, 0.6) is 0 Å². The molecule has 3 aliphatic heterocycles. The van der Waals surface area contributed by atoms with E-state index in [1.165, 1.54) is 9.80 Å². The lowest BCUT2D eigenvalue weighted by Crippen LogP contribution is -2.56. The summed E-state index contributed by atoms with van der Waals surface area (Å²) in [6.45, 7) is 9.80. The summed E-state index contributed by atoms with van der Waals surface area (Å²) in [5, 5.41) is 9.94. The SMILES string of the molecule is C=CCCCCOC(=O)[C@@H]1[C@H]2C(=O)N(CCCO)C(C(=O)N(CC=C)c3ccccc3Cl)C23CC[C@@]1(C)O3. The third kappa shape index (κ3) is 4.78. The van der Waals surface area contributed by atoms with Crippen LogP contribution < -0.4 is 4.90 Å². The van der Waals surface area contributed by atoms with Crippen LogP contribution in [0.2, 0.25) is 5.02 Å². The predicted octanol–water partition coefficient (Wildman–Crippen LogP) is 3.91. The molecule has 1 aromatic rings. The number of allylic oxidation sites excluding steroid dienone is 1. The zero-order valence-electron chi connectivity index (χ0n) is 21.9. The molecule has 3 saturated heterocycles. The summed E-state index contributed by atoms with van der Waals surface area (Å²) >= 11 is 6.47. The Morgan fingerprint density at radius 2 is 2.00 bits per heavy atom. The van der Waals surface area contributed by atoms with Crippen molar-refractivity contribution in [2.45, 2.75) is 62.7 Å². The van der Waals surface area contributed by atoms with E-state index in [4.69, 9.17) is 21.1 Å². The predicted molar refractivity (Wildman–Crippen MR) is 145 cm³/mol. The lowest BCUT2D eigenvalue weighted by molar-refractivity contribution is -0.159. The number of hydrogen-bond acceptors (Lipinski definition) is 6. The maximum atomic E-state index is 14.3. The third-order valence-electron chi connectivity index (χ3n) is 8.09. The molecule has 3 aliphatic rings. The highest BCUT2D eigenvalue weighted by Crippen LogP contribution is 2.63. The zero-order chi connectivity index (χ0) is 27.5. The molecular weight excluding hydrogens is 508 g/mol. The normalized spacial score (nSPS) is 29.3. The Bertz CT molecular complexity index is 1090. The number of ether oxygens (including phenoxy) is 2. The van der Waals surface area contributed by atoms with Crippen molar-refractivity contribution in [1.29, 1.82) is 0 Å². The highest BCUT2D eigenvalue weighted by Gasteiger charge is 2.78. The summed E-state index contributed by atoms with van der Waals surface area (Å²) in [5.41, 5.74) is -1.58. The van der Waals surface area contributed by atoms with E-state index in [0.29, 0.717) is 36.4 Å². The maximum absolute atomic E-state index is 14.3. The van der Waals surface area contributed by atoms with Crippen LogP contribution in [0.1, 0.15) is 45.4 Å². The minimum absolute atomic E-state index is 0.141. The zero-order valence-corrected chi connectivity index (χ0v) is 22.7. The molecule has 2 unspecified atom stereocenters. The molecule has 8 nitrogen and oxygen atoms in total. The van der Waals surface area contributed by atoms with Gasteiger partial charge in [0.2, 0.25) is 5.91 Å². The van der Waals surface area contributed by atoms with Gasteiger partial charge < -0.3 is 24.4 Å². The fourth-order valence-electron chi connectivity index (χ4n) is 6.45. The van der Waals surface area contributed by atoms with Gasteiger partial charge in [-0.1, -0.05) is 35.9 Å². The number of nitrogens with zero attached hydrogens (tertiary/aromatic N) is 2. The molecule has 3 fully saturated rings. The molecule has 2 amide bonds. The van der Waals surface area contributed by atoms with E-state index in [9.17, 15) is 19.5 Å². The molecule has 2 bridgehead atoms. The van der Waals surface area contributed by atoms with Gasteiger partial charge in [0, 0.05) is 19.7 Å². The van der Waals surface area contributed by atoms with Crippen molar-refractivity contribution < 1.29 is 29.0 Å². The van der Waals surface area contributed by atoms with Gasteiger partial charge in [-0.05, 0) is 57.6 Å². The fourth-order valence-corrected chi connectivity index (χ4v) is 6.69. The van der Waals surface area contributed by atoms with Crippen molar-refractivity contribution in [3.05, 3.63) is 54.6 Å². The summed E-state index contributed by atoms with van der Waals surface area (Å²) in [4.78, 5) is 44.7. The molecule has 1 spiro atoms. The molecule has 5 atom stereocenters. The second-order valence-corrected chi connectivity index (χ2v) is 10.9. The topological polar surface area (TPSA) is 96.4 Å². The van der Waals surface area contributed by atoms with Crippen LogP contribution in [0.25, 0.3) is 0 Å². The number of esters is 1. The van der Waals surface area contributed by atoms with Crippen molar-refractivity contribution in [1.82, 2.24) is 4.90 Å². The molecular formula is C29H37ClN2O6. The number of fused-ring (bicyclic) bond motifs is 1. The first-order chi connectivity index (χ1) is 18.3. The van der Waals surface area contributed by atoms with E-state index in [-0.39, 0.29) is 38.1 Å². The summed E-state index contributed by atoms with van der Waals surface area (Å²) in [6.07, 6.45) is 7.09. The minimum Gasteiger partial charge on any atom is -0.465 e. The lowest BCUT2D eigenvalue weighted by Gasteiger charge is -2.37. The van der Waals surface area contributed by atoms with Crippen molar-refractivity contribution in [2.24, 2.45) is 11.8 Å². The molecule has 0 aliphatic carbocycles. The number of aliphatic hydroxyl groups excluding tert-OH is 1. The highest BCUT2D eigenvalue weighted by atomic mass is 35.5. The number of unbranched alkanes of at least 4 members (excludes halogenated alkanes) is 2. The van der Waals surface area contributed by atoms with E-state index in [0.717, 1.165) is 12.8 Å². The average molecular weight is 545 g/mol. The average Bonchev–Trinajstić information content (AvgIpc) is 3.46. The number of hydrogen-bond donors (Lipinski definition) is 1. The number of halogens is 1. The number of amides is 2. The van der Waals surface area contributed by atoms with Gasteiger partial charge in [-0.3, -0.25) is 14.4 Å². The second-order valence-electron chi connectivity index (χ2n) is 10.5. The Morgan fingerprint density at radius 3 is 2.68 bits per heavy atom. The first-order valence-electron chi connectivity index (χ1n) is 13.3. The van der Waals surface area contributed by atoms with Crippen LogP contribution in [0, 0.1) is 11.8 Å². The van der Waals surface area contributed by atoms with Crippen molar-refractivity contribution >= 4 is 35.1 Å². The van der Waals surface area contributed by atoms with Gasteiger partial charge in [0.05, 0.1) is 28.8 Å². The Labute approximate surface area is 229 Å². The van der Waals surface area contributed by atoms with Gasteiger partial charge in [0.25, 0.3) is 5.91 Å². The van der Waals surface area contributed by atoms with E-state index in [2.05, 4.69) is 13.2 Å². The fraction of sp³-hybridized carbons (Fsp3) is 0.552. The van der Waals surface area contributed by atoms with Crippen molar-refractivity contribution in [3.8, 4) is 0 Å². The van der Waals surface area contributed by atoms with Gasteiger partial charge in [-0.15, -0.1) is 13.2 Å². The molecule has 9 heteroatoms. The standard InChI is InChI=1S/C29H37ClN2O6/c1-4-6-7-10-19-37-27(36)23-22-25(34)32(17-11-18-33)24(29(22)15-14-28(23,3)38-29)26(35)31(16-5-2)21-13-9-8-12-20(21)30/h4-5,8-9,12-13,22-24,33H,1-2,6-7,10-11,14-19H2,3H3/t22-,23-,24?,28+,29?/m0/s1. The van der Waals surface area contributed by atoms with E-state index in [1.807, 2.05) is 13.0 Å². The van der Waals surface area contributed by atoms with Crippen LogP contribution in [0.15, 0.2) is 49.6 Å². The Morgan fingerprint density at radius 1 is 1.24 bits per heavy atom. The monoisotopic (exact) mass is 544 g/mol. The maximum Gasteiger partial charge on any atom is 0.312 e. The van der Waals surface area contributed by atoms with Crippen LogP contribution in [-0.4, -0.2) is 71.3 Å². The number of carbonyl (C=O) groups excluding carboxylic acids is 3. The number of rotatable bonds is 13. The van der Waals surface area contributed by atoms with Crippen LogP contribution in [0.4, 0.5) is 5.69 Å². The smallest absolute Gasteiger partial charge is 0.312 e. The molecule has 1 N–H and O–H groups in total. The summed E-state index contributed by atoms with van der Waals surface area (Å²) < 4.78 is 12.3. The lowest BCUT2D eigenvalue weighted by atomic mass is 9.66. The molecule has 206 valence electrons. The third-order valence-corrected chi connectivity index (χ3v) is 8.41. The number of likely N-dealkylation sites (tertiary alicyclic amines) is 1. The van der Waals surface area contributed by atoms with Gasteiger partial charge in [0.15, 0.2) is 0 Å². The molecule has 0 aromatic heterocycles. The number of benzene rings is 1. The van der Waals surface area contributed by atoms with Gasteiger partial charge >= 0.3 is 5.97 Å². The number of aliphatic hydroxyl groups is 1. The molecule has 0 saturated carbocycles. The van der Waals surface area contributed by atoms with Crippen LogP contribution in [-0.2, 0) is 23.9 Å². The van der Waals surface area contributed by atoms with E-state index >= 15 is 0 Å². The number of carbonyl (C=O) groups is 3. The van der Waals surface area contributed by atoms with E-state index in [1.54, 1.807) is 30.3 Å². The summed E-state index contributed by atoms with van der Waals surface area (Å²) in [5.74, 6) is -2.78. The van der Waals surface area contributed by atoms with Crippen molar-refractivity contribution in [3.63, 3.8) is 0 Å². The Hall–Kier alpha value is -2.68. The summed E-state index contributed by atoms with van der Waals surface area (Å²) in [6, 6.07) is 6.03. The Balaban J connectivity index is 1.69. The molecule has 4 rings (SSSR count). The number of para-hydroxylation sites is 1. The molecule has 3 heterocycles. The van der Waals surface area contributed by atoms with Gasteiger partial charge in [-0.25, -0.2) is 0 Å². The first kappa shape index (κ1) is 28.3. The van der Waals surface area contributed by atoms with Crippen molar-refractivity contribution in [2.75, 3.05) is 31.2 Å². The highest BCUT2D eigenvalue weighted by molar-refractivity contribution is 6.34. The molecule has 0 radical (unpaired) electrons. The van der Waals surface area contributed by atoms with Crippen LogP contribution >= 0.6 is 11.6 Å². The minimum atomic E-state index is -1.18. The van der Waals surface area contributed by atoms with Crippen LogP contribution in [0.3, 0.4) is 0 Å².